The summed E-state index contributed by atoms with van der Waals surface area (Å²) in [6.07, 6.45) is 2.41. The van der Waals surface area contributed by atoms with Crippen molar-refractivity contribution in [2.24, 2.45) is 0 Å². The molecule has 0 atom stereocenters. The molecule has 8 heteroatoms. The average Bonchev–Trinajstić information content (AvgIpc) is 2.81. The predicted octanol–water partition coefficient (Wildman–Crippen LogP) is 5.40. The molecule has 1 heterocycles. The highest BCUT2D eigenvalue weighted by Gasteiger charge is 2.13. The van der Waals surface area contributed by atoms with E-state index in [1.807, 2.05) is 37.3 Å². The highest BCUT2D eigenvalue weighted by atomic mass is 35.5. The Bertz CT molecular complexity index is 1160. The van der Waals surface area contributed by atoms with E-state index in [-0.39, 0.29) is 23.8 Å². The van der Waals surface area contributed by atoms with Crippen molar-refractivity contribution in [2.45, 2.75) is 45.6 Å². The second-order valence-corrected chi connectivity index (χ2v) is 7.90. The number of benzene rings is 2. The van der Waals surface area contributed by atoms with Crippen molar-refractivity contribution in [2.75, 3.05) is 6.54 Å². The summed E-state index contributed by atoms with van der Waals surface area (Å²) >= 11 is 6.26. The summed E-state index contributed by atoms with van der Waals surface area (Å²) in [5.74, 6) is -0.270. The fraction of sp³-hybridized carbons (Fsp3) is 0.320. The van der Waals surface area contributed by atoms with Crippen LogP contribution in [0.3, 0.4) is 0 Å². The number of rotatable bonds is 10. The zero-order chi connectivity index (χ0) is 23.6. The molecule has 1 N–H and O–H groups in total. The molecule has 0 saturated carbocycles. The second-order valence-electron chi connectivity index (χ2n) is 7.50. The third-order valence-corrected chi connectivity index (χ3v) is 5.32. The first-order valence-electron chi connectivity index (χ1n) is 10.9. The number of carbonyl (C=O) groups excluding carboxylic acids is 2. The number of carbonyl (C=O) groups is 2. The summed E-state index contributed by atoms with van der Waals surface area (Å²) in [6, 6.07) is 14.0. The second kappa shape index (κ2) is 12.1. The quantitative estimate of drug-likeness (QED) is 0.184. The normalized spacial score (nSPS) is 10.7. The monoisotopic (exact) mass is 471 g/mol. The van der Waals surface area contributed by atoms with E-state index in [1.165, 1.54) is 12.1 Å². The van der Waals surface area contributed by atoms with Crippen LogP contribution in [-0.4, -0.2) is 18.6 Å². The number of ether oxygens (including phenoxy) is 2. The number of hydrogen-bond acceptors (Lipinski definition) is 6. The van der Waals surface area contributed by atoms with Crippen molar-refractivity contribution >= 4 is 34.6 Å². The summed E-state index contributed by atoms with van der Waals surface area (Å²) in [6.45, 7) is 2.61. The third-order valence-electron chi connectivity index (χ3n) is 5.03. The summed E-state index contributed by atoms with van der Waals surface area (Å²) in [4.78, 5) is 35.6. The van der Waals surface area contributed by atoms with Crippen LogP contribution in [0.5, 0.6) is 5.75 Å². The minimum absolute atomic E-state index is 0.161. The van der Waals surface area contributed by atoms with E-state index in [0.29, 0.717) is 31.4 Å². The smallest absolute Gasteiger partial charge is 0.407 e. The standard InChI is InChI=1S/C25H26ClNO6/c1-2-18-13-24(29)32-21-15-22(20(26)14-19(18)21)33-23(28)11-7-4-8-12-27-25(30)31-16-17-9-5-3-6-10-17/h3,5-6,9-10,13-15H,2,4,7-8,11-12,16H2,1H3,(H,27,30). The predicted molar refractivity (Wildman–Crippen MR) is 126 cm³/mol. The summed E-state index contributed by atoms with van der Waals surface area (Å²) < 4.78 is 15.7. The van der Waals surface area contributed by atoms with E-state index in [2.05, 4.69) is 5.32 Å². The number of alkyl carbamates (subject to hydrolysis) is 1. The lowest BCUT2D eigenvalue weighted by molar-refractivity contribution is -0.134. The molecule has 2 aromatic carbocycles. The van der Waals surface area contributed by atoms with Crippen molar-refractivity contribution in [3.05, 3.63) is 75.1 Å². The number of unbranched alkanes of at least 4 members (excludes halogenated alkanes) is 2. The molecule has 0 aliphatic heterocycles. The van der Waals surface area contributed by atoms with Gasteiger partial charge in [-0.3, -0.25) is 4.79 Å². The van der Waals surface area contributed by atoms with Gasteiger partial charge in [-0.15, -0.1) is 0 Å². The van der Waals surface area contributed by atoms with Gasteiger partial charge in [0.25, 0.3) is 0 Å². The van der Waals surface area contributed by atoms with Crippen LogP contribution in [0.4, 0.5) is 4.79 Å². The Balaban J connectivity index is 1.37. The Kier molecular flexibility index (Phi) is 8.89. The van der Waals surface area contributed by atoms with E-state index in [0.717, 1.165) is 22.9 Å². The summed E-state index contributed by atoms with van der Waals surface area (Å²) in [5, 5.41) is 3.68. The van der Waals surface area contributed by atoms with Crippen molar-refractivity contribution < 1.29 is 23.5 Å². The molecule has 0 radical (unpaired) electrons. The van der Waals surface area contributed by atoms with E-state index in [4.69, 9.17) is 25.5 Å². The topological polar surface area (TPSA) is 94.8 Å². The molecule has 7 nitrogen and oxygen atoms in total. The van der Waals surface area contributed by atoms with Crippen molar-refractivity contribution in [3.8, 4) is 5.75 Å². The molecule has 0 aliphatic carbocycles. The van der Waals surface area contributed by atoms with E-state index < -0.39 is 17.7 Å². The number of fused-ring (bicyclic) bond motifs is 1. The average molecular weight is 472 g/mol. The van der Waals surface area contributed by atoms with Gasteiger partial charge in [-0.1, -0.05) is 55.3 Å². The Morgan fingerprint density at radius 2 is 1.85 bits per heavy atom. The lowest BCUT2D eigenvalue weighted by atomic mass is 10.1. The van der Waals surface area contributed by atoms with Gasteiger partial charge in [-0.25, -0.2) is 9.59 Å². The lowest BCUT2D eigenvalue weighted by Crippen LogP contribution is -2.25. The van der Waals surface area contributed by atoms with Gasteiger partial charge < -0.3 is 19.2 Å². The summed E-state index contributed by atoms with van der Waals surface area (Å²) in [5.41, 5.74) is 1.61. The van der Waals surface area contributed by atoms with Gasteiger partial charge in [-0.05, 0) is 36.5 Å². The van der Waals surface area contributed by atoms with Crippen LogP contribution >= 0.6 is 11.6 Å². The minimum atomic E-state index is -0.470. The van der Waals surface area contributed by atoms with Gasteiger partial charge in [0, 0.05) is 30.5 Å². The molecule has 0 aliphatic rings. The van der Waals surface area contributed by atoms with Crippen LogP contribution in [0.1, 0.15) is 43.7 Å². The van der Waals surface area contributed by atoms with Gasteiger partial charge in [0.1, 0.15) is 12.2 Å². The van der Waals surface area contributed by atoms with Gasteiger partial charge in [0.15, 0.2) is 5.75 Å². The SMILES string of the molecule is CCc1cc(=O)oc2cc(OC(=O)CCCCCNC(=O)OCc3ccccc3)c(Cl)cc12. The maximum Gasteiger partial charge on any atom is 0.407 e. The van der Waals surface area contributed by atoms with Crippen LogP contribution in [0.2, 0.25) is 5.02 Å². The highest BCUT2D eigenvalue weighted by Crippen LogP contribution is 2.31. The van der Waals surface area contributed by atoms with E-state index in [1.54, 1.807) is 6.07 Å². The molecule has 1 amide bonds. The molecule has 1 aromatic heterocycles. The first-order chi connectivity index (χ1) is 16.0. The van der Waals surface area contributed by atoms with Crippen LogP contribution in [0.15, 0.2) is 57.7 Å². The van der Waals surface area contributed by atoms with Gasteiger partial charge in [-0.2, -0.15) is 0 Å². The fourth-order valence-corrected chi connectivity index (χ4v) is 3.51. The third kappa shape index (κ3) is 7.36. The molecule has 0 bridgehead atoms. The number of nitrogens with one attached hydrogen (secondary N) is 1. The summed E-state index contributed by atoms with van der Waals surface area (Å²) in [7, 11) is 0. The minimum Gasteiger partial charge on any atom is -0.445 e. The van der Waals surface area contributed by atoms with Gasteiger partial charge in [0.2, 0.25) is 0 Å². The molecule has 0 spiro atoms. The molecule has 3 aromatic rings. The first-order valence-corrected chi connectivity index (χ1v) is 11.3. The Morgan fingerprint density at radius 1 is 1.06 bits per heavy atom. The maximum absolute atomic E-state index is 12.2. The van der Waals surface area contributed by atoms with Crippen molar-refractivity contribution in [3.63, 3.8) is 0 Å². The van der Waals surface area contributed by atoms with E-state index in [9.17, 15) is 14.4 Å². The molecule has 0 fully saturated rings. The number of halogens is 1. The molecular formula is C25H26ClNO6. The van der Waals surface area contributed by atoms with Crippen LogP contribution < -0.4 is 15.7 Å². The highest BCUT2D eigenvalue weighted by molar-refractivity contribution is 6.33. The Hall–Kier alpha value is -3.32. The maximum atomic E-state index is 12.2. The molecule has 0 unspecified atom stereocenters. The lowest BCUT2D eigenvalue weighted by Gasteiger charge is -2.09. The van der Waals surface area contributed by atoms with Crippen molar-refractivity contribution in [1.29, 1.82) is 0 Å². The molecule has 3 rings (SSSR count). The number of esters is 1. The molecular weight excluding hydrogens is 446 g/mol. The van der Waals surface area contributed by atoms with Gasteiger partial charge >= 0.3 is 17.7 Å². The molecule has 174 valence electrons. The first kappa shape index (κ1) is 24.3. The van der Waals surface area contributed by atoms with Crippen LogP contribution in [0, 0.1) is 0 Å². The number of amides is 1. The van der Waals surface area contributed by atoms with Crippen LogP contribution in [-0.2, 0) is 22.6 Å². The van der Waals surface area contributed by atoms with E-state index >= 15 is 0 Å². The Morgan fingerprint density at radius 3 is 2.61 bits per heavy atom. The fourth-order valence-electron chi connectivity index (χ4n) is 3.31. The number of aryl methyl sites for hydroxylation is 1. The molecule has 0 saturated heterocycles. The van der Waals surface area contributed by atoms with Crippen molar-refractivity contribution in [1.82, 2.24) is 5.32 Å². The zero-order valence-corrected chi connectivity index (χ0v) is 19.2. The van der Waals surface area contributed by atoms with Crippen LogP contribution in [0.25, 0.3) is 11.0 Å². The zero-order valence-electron chi connectivity index (χ0n) is 18.4. The Labute approximate surface area is 196 Å². The largest absolute Gasteiger partial charge is 0.445 e. The number of hydrogen-bond donors (Lipinski definition) is 1. The van der Waals surface area contributed by atoms with Gasteiger partial charge in [0.05, 0.1) is 5.02 Å². The molecule has 33 heavy (non-hydrogen) atoms.